The number of alkyl halides is 3. The fourth-order valence-corrected chi connectivity index (χ4v) is 1.72. The van der Waals surface area contributed by atoms with Gasteiger partial charge in [0.05, 0.1) is 11.3 Å². The second kappa shape index (κ2) is 6.13. The largest absolute Gasteiger partial charge is 0.418 e. The van der Waals surface area contributed by atoms with E-state index in [0.717, 1.165) is 18.6 Å². The van der Waals surface area contributed by atoms with E-state index in [2.05, 4.69) is 0 Å². The van der Waals surface area contributed by atoms with E-state index < -0.39 is 17.6 Å². The average molecular weight is 289 g/mol. The van der Waals surface area contributed by atoms with Crippen LogP contribution >= 0.6 is 0 Å². The maximum Gasteiger partial charge on any atom is 0.418 e. The van der Waals surface area contributed by atoms with E-state index in [9.17, 15) is 18.0 Å². The molecule has 1 aromatic carbocycles. The van der Waals surface area contributed by atoms with E-state index in [-0.39, 0.29) is 17.3 Å². The number of nitrogens with two attached hydrogens (primary N) is 1. The molecule has 1 aromatic rings. The second-order valence-corrected chi connectivity index (χ2v) is 4.58. The van der Waals surface area contributed by atoms with Crippen molar-refractivity contribution in [3.63, 3.8) is 0 Å². The number of halogens is 3. The molecule has 0 spiro atoms. The molecule has 0 aliphatic rings. The van der Waals surface area contributed by atoms with Gasteiger partial charge in [0.1, 0.15) is 0 Å². The Labute approximate surface area is 115 Å². The first-order chi connectivity index (χ1) is 9.22. The minimum atomic E-state index is -4.58. The van der Waals surface area contributed by atoms with Crippen LogP contribution in [0, 0.1) is 0 Å². The minimum absolute atomic E-state index is 0.0147. The number of hydrazine groups is 1. The normalized spacial score (nSPS) is 12.9. The van der Waals surface area contributed by atoms with E-state index in [0.29, 0.717) is 0 Å². The van der Waals surface area contributed by atoms with Gasteiger partial charge in [-0.05, 0) is 31.5 Å². The molecule has 0 heterocycles. The van der Waals surface area contributed by atoms with Crippen LogP contribution in [0.15, 0.2) is 18.2 Å². The predicted octanol–water partition coefficient (Wildman–Crippen LogP) is 2.86. The first kappa shape index (κ1) is 16.3. The number of anilines is 1. The summed E-state index contributed by atoms with van der Waals surface area (Å²) in [5, 5.41) is 0. The van der Waals surface area contributed by atoms with Crippen LogP contribution in [0.25, 0.3) is 0 Å². The van der Waals surface area contributed by atoms with Crippen molar-refractivity contribution in [1.82, 2.24) is 4.90 Å². The predicted molar refractivity (Wildman–Crippen MR) is 71.1 cm³/mol. The van der Waals surface area contributed by atoms with Gasteiger partial charge in [-0.15, -0.1) is 0 Å². The molecule has 112 valence electrons. The number of nitrogens with one attached hydrogen (secondary N) is 1. The molecule has 0 aliphatic heterocycles. The molecule has 3 N–H and O–H groups in total. The van der Waals surface area contributed by atoms with Crippen molar-refractivity contribution in [3.8, 4) is 0 Å². The summed E-state index contributed by atoms with van der Waals surface area (Å²) in [5.74, 6) is 4.61. The molecule has 7 heteroatoms. The first-order valence-electron chi connectivity index (χ1n) is 6.17. The lowest BCUT2D eigenvalue weighted by Crippen LogP contribution is -2.34. The first-order valence-corrected chi connectivity index (χ1v) is 6.17. The number of rotatable bonds is 4. The Bertz CT molecular complexity index is 488. The zero-order valence-corrected chi connectivity index (χ0v) is 11.6. The molecule has 1 rings (SSSR count). The Morgan fingerprint density at radius 1 is 1.45 bits per heavy atom. The van der Waals surface area contributed by atoms with Gasteiger partial charge in [0.15, 0.2) is 0 Å². The van der Waals surface area contributed by atoms with E-state index in [1.807, 2.05) is 19.3 Å². The second-order valence-electron chi connectivity index (χ2n) is 4.58. The lowest BCUT2D eigenvalue weighted by atomic mass is 10.1. The zero-order valence-electron chi connectivity index (χ0n) is 11.6. The summed E-state index contributed by atoms with van der Waals surface area (Å²) in [6.07, 6.45) is -3.86. The maximum absolute atomic E-state index is 12.9. The highest BCUT2D eigenvalue weighted by Gasteiger charge is 2.34. The Hall–Kier alpha value is -1.76. The highest BCUT2D eigenvalue weighted by molar-refractivity contribution is 5.95. The summed E-state index contributed by atoms with van der Waals surface area (Å²) in [6.45, 7) is 3.73. The van der Waals surface area contributed by atoms with Crippen molar-refractivity contribution in [2.75, 3.05) is 12.5 Å². The van der Waals surface area contributed by atoms with Gasteiger partial charge < -0.3 is 10.3 Å². The fraction of sp³-hybridized carbons (Fsp3) is 0.462. The van der Waals surface area contributed by atoms with Gasteiger partial charge in [0, 0.05) is 18.7 Å². The molecular formula is C13H18F3N3O. The lowest BCUT2D eigenvalue weighted by Gasteiger charge is -2.24. The third kappa shape index (κ3) is 3.41. The maximum atomic E-state index is 12.9. The number of benzene rings is 1. The molecule has 1 amide bonds. The molecule has 4 nitrogen and oxygen atoms in total. The summed E-state index contributed by atoms with van der Waals surface area (Å²) in [7, 11) is 1.57. The van der Waals surface area contributed by atoms with Crippen LogP contribution < -0.4 is 11.3 Å². The minimum Gasteiger partial charge on any atom is -0.339 e. The van der Waals surface area contributed by atoms with Crippen molar-refractivity contribution in [2.24, 2.45) is 5.84 Å². The van der Waals surface area contributed by atoms with Gasteiger partial charge >= 0.3 is 6.18 Å². The van der Waals surface area contributed by atoms with Crippen LogP contribution in [0.5, 0.6) is 0 Å². The molecule has 0 bridgehead atoms. The van der Waals surface area contributed by atoms with Crippen molar-refractivity contribution in [1.29, 1.82) is 0 Å². The SMILES string of the molecule is CCC(C)N(C)C(=O)c1ccc(NN)c(C(F)(F)F)c1. The topological polar surface area (TPSA) is 58.4 Å². The van der Waals surface area contributed by atoms with Gasteiger partial charge in [0.25, 0.3) is 5.91 Å². The monoisotopic (exact) mass is 289 g/mol. The molecular weight excluding hydrogens is 271 g/mol. The van der Waals surface area contributed by atoms with E-state index in [1.165, 1.54) is 11.0 Å². The lowest BCUT2D eigenvalue weighted by molar-refractivity contribution is -0.137. The average Bonchev–Trinajstić information content (AvgIpc) is 2.43. The Kier molecular flexibility index (Phi) is 4.99. The quantitative estimate of drug-likeness (QED) is 0.662. The molecule has 0 aliphatic carbocycles. The van der Waals surface area contributed by atoms with E-state index >= 15 is 0 Å². The Balaban J connectivity index is 3.18. The number of nitrogen functional groups attached to an aromatic ring is 1. The number of carbonyl (C=O) groups is 1. The molecule has 1 unspecified atom stereocenters. The number of hydrogen-bond acceptors (Lipinski definition) is 3. The third-order valence-corrected chi connectivity index (χ3v) is 3.30. The fourth-order valence-electron chi connectivity index (χ4n) is 1.72. The van der Waals surface area contributed by atoms with Crippen LogP contribution in [-0.4, -0.2) is 23.9 Å². The van der Waals surface area contributed by atoms with Gasteiger partial charge in [-0.1, -0.05) is 6.92 Å². The third-order valence-electron chi connectivity index (χ3n) is 3.30. The summed E-state index contributed by atoms with van der Waals surface area (Å²) < 4.78 is 38.7. The van der Waals surface area contributed by atoms with Crippen LogP contribution in [0.4, 0.5) is 18.9 Å². The molecule has 20 heavy (non-hydrogen) atoms. The van der Waals surface area contributed by atoms with Gasteiger partial charge in [0.2, 0.25) is 0 Å². The molecule has 0 aromatic heterocycles. The van der Waals surface area contributed by atoms with Crippen LogP contribution in [0.3, 0.4) is 0 Å². The Morgan fingerprint density at radius 2 is 2.05 bits per heavy atom. The van der Waals surface area contributed by atoms with Gasteiger partial charge in [-0.2, -0.15) is 13.2 Å². The van der Waals surface area contributed by atoms with E-state index in [1.54, 1.807) is 7.05 Å². The van der Waals surface area contributed by atoms with Crippen molar-refractivity contribution >= 4 is 11.6 Å². The molecule has 0 saturated heterocycles. The molecule has 0 radical (unpaired) electrons. The summed E-state index contributed by atoms with van der Waals surface area (Å²) in [5.41, 5.74) is 0.753. The standard InChI is InChI=1S/C13H18F3N3O/c1-4-8(2)19(3)12(20)9-5-6-11(18-17)10(7-9)13(14,15)16/h5-8,18H,4,17H2,1-3H3. The summed E-state index contributed by atoms with van der Waals surface area (Å²) >= 11 is 0. The Morgan fingerprint density at radius 3 is 2.50 bits per heavy atom. The number of nitrogens with zero attached hydrogens (tertiary/aromatic N) is 1. The number of carbonyl (C=O) groups excluding carboxylic acids is 1. The van der Waals surface area contributed by atoms with Crippen LogP contribution in [-0.2, 0) is 6.18 Å². The zero-order chi connectivity index (χ0) is 15.5. The van der Waals surface area contributed by atoms with Crippen LogP contribution in [0.2, 0.25) is 0 Å². The molecule has 0 fully saturated rings. The van der Waals surface area contributed by atoms with Crippen LogP contribution in [0.1, 0.15) is 36.2 Å². The van der Waals surface area contributed by atoms with Crippen molar-refractivity contribution in [3.05, 3.63) is 29.3 Å². The summed E-state index contributed by atoms with van der Waals surface area (Å²) in [4.78, 5) is 13.6. The molecule has 1 atom stereocenters. The highest BCUT2D eigenvalue weighted by Crippen LogP contribution is 2.35. The smallest absolute Gasteiger partial charge is 0.339 e. The number of hydrogen-bond donors (Lipinski definition) is 2. The van der Waals surface area contributed by atoms with E-state index in [4.69, 9.17) is 5.84 Å². The summed E-state index contributed by atoms with van der Waals surface area (Å²) in [6, 6.07) is 3.24. The van der Waals surface area contributed by atoms with Gasteiger partial charge in [-0.3, -0.25) is 10.6 Å². The van der Waals surface area contributed by atoms with Crippen molar-refractivity contribution < 1.29 is 18.0 Å². The van der Waals surface area contributed by atoms with Gasteiger partial charge in [-0.25, -0.2) is 0 Å². The molecule has 0 saturated carbocycles. The highest BCUT2D eigenvalue weighted by atomic mass is 19.4. The number of amides is 1. The van der Waals surface area contributed by atoms with Crippen molar-refractivity contribution in [2.45, 2.75) is 32.5 Å².